The number of benzene rings is 3. The Bertz CT molecular complexity index is 1210. The molecule has 1 aromatic heterocycles. The molecule has 0 spiro atoms. The van der Waals surface area contributed by atoms with Gasteiger partial charge in [-0.25, -0.2) is 4.98 Å². The van der Waals surface area contributed by atoms with Crippen molar-refractivity contribution in [3.8, 4) is 16.9 Å². The van der Waals surface area contributed by atoms with Crippen LogP contribution in [0.1, 0.15) is 12.7 Å². The van der Waals surface area contributed by atoms with E-state index in [-0.39, 0.29) is 12.2 Å². The van der Waals surface area contributed by atoms with Crippen LogP contribution in [0.4, 0.5) is 0 Å². The number of ether oxygens (including phenoxy) is 1. The number of aromatic nitrogens is 2. The van der Waals surface area contributed by atoms with Gasteiger partial charge in [-0.2, -0.15) is 0 Å². The molecule has 0 aliphatic rings. The summed E-state index contributed by atoms with van der Waals surface area (Å²) in [5, 5.41) is 11.1. The Balaban J connectivity index is 1.32. The number of nitrogens with one attached hydrogen (secondary N) is 1. The third-order valence-corrected chi connectivity index (χ3v) is 5.36. The van der Waals surface area contributed by atoms with Gasteiger partial charge in [0.15, 0.2) is 0 Å². The zero-order chi connectivity index (χ0) is 22.3. The second kappa shape index (κ2) is 10.2. The molecule has 6 heteroatoms. The lowest BCUT2D eigenvalue weighted by Gasteiger charge is -2.23. The van der Waals surface area contributed by atoms with Crippen molar-refractivity contribution < 1.29 is 9.84 Å². The first-order chi connectivity index (χ1) is 15.6. The van der Waals surface area contributed by atoms with Gasteiger partial charge in [-0.15, -0.1) is 0 Å². The van der Waals surface area contributed by atoms with Gasteiger partial charge in [0.05, 0.1) is 17.4 Å². The lowest BCUT2D eigenvalue weighted by Crippen LogP contribution is -2.36. The Hall–Kier alpha value is -3.48. The molecule has 0 aliphatic carbocycles. The first-order valence-electron chi connectivity index (χ1n) is 10.8. The quantitative estimate of drug-likeness (QED) is 0.423. The molecule has 0 fully saturated rings. The molecule has 0 saturated heterocycles. The Morgan fingerprint density at radius 2 is 1.66 bits per heavy atom. The number of aliphatic hydroxyl groups is 1. The smallest absolute Gasteiger partial charge is 0.258 e. The fourth-order valence-corrected chi connectivity index (χ4v) is 3.64. The molecule has 4 rings (SSSR count). The fourth-order valence-electron chi connectivity index (χ4n) is 3.64. The van der Waals surface area contributed by atoms with Crippen molar-refractivity contribution >= 4 is 10.9 Å². The van der Waals surface area contributed by atoms with Gasteiger partial charge in [-0.1, -0.05) is 61.5 Å². The van der Waals surface area contributed by atoms with Gasteiger partial charge in [0.25, 0.3) is 5.56 Å². The second-order valence-corrected chi connectivity index (χ2v) is 7.71. The molecule has 0 unspecified atom stereocenters. The number of fused-ring (bicyclic) bond motifs is 1. The van der Waals surface area contributed by atoms with Gasteiger partial charge < -0.3 is 14.8 Å². The van der Waals surface area contributed by atoms with Crippen LogP contribution in [0.5, 0.6) is 5.75 Å². The van der Waals surface area contributed by atoms with Crippen LogP contribution in [0.15, 0.2) is 83.7 Å². The fraction of sp³-hybridized carbons (Fsp3) is 0.231. The maximum absolute atomic E-state index is 12.3. The molecule has 0 radical (unpaired) electrons. The van der Waals surface area contributed by atoms with Crippen LogP contribution < -0.4 is 10.3 Å². The van der Waals surface area contributed by atoms with E-state index in [1.54, 1.807) is 6.07 Å². The summed E-state index contributed by atoms with van der Waals surface area (Å²) in [6, 6.07) is 25.3. The van der Waals surface area contributed by atoms with Crippen LogP contribution in [0.2, 0.25) is 0 Å². The predicted octanol–water partition coefficient (Wildman–Crippen LogP) is 3.85. The SMILES string of the molecule is CCN(Cc1nc2ccccc2c(=O)[nH]1)C[C@@H](O)COc1ccc(-c2ccccc2)cc1. The van der Waals surface area contributed by atoms with Crippen molar-refractivity contribution in [2.75, 3.05) is 19.7 Å². The minimum atomic E-state index is -0.670. The van der Waals surface area contributed by atoms with Gasteiger partial charge in [0, 0.05) is 6.54 Å². The molecule has 6 nitrogen and oxygen atoms in total. The Labute approximate surface area is 187 Å². The van der Waals surface area contributed by atoms with Gasteiger partial charge in [-0.05, 0) is 41.9 Å². The summed E-state index contributed by atoms with van der Waals surface area (Å²) in [6.45, 7) is 3.76. The maximum Gasteiger partial charge on any atom is 0.258 e. The highest BCUT2D eigenvalue weighted by atomic mass is 16.5. The number of hydrogen-bond donors (Lipinski definition) is 2. The lowest BCUT2D eigenvalue weighted by molar-refractivity contribution is 0.0667. The highest BCUT2D eigenvalue weighted by Crippen LogP contribution is 2.22. The molecule has 3 aromatic carbocycles. The molecule has 0 saturated carbocycles. The van der Waals surface area contributed by atoms with E-state index in [1.807, 2.05) is 72.5 Å². The highest BCUT2D eigenvalue weighted by Gasteiger charge is 2.14. The number of para-hydroxylation sites is 1. The number of nitrogens with zero attached hydrogens (tertiary/aromatic N) is 2. The van der Waals surface area contributed by atoms with E-state index >= 15 is 0 Å². The Morgan fingerprint density at radius 3 is 2.41 bits per heavy atom. The van der Waals surface area contributed by atoms with Gasteiger partial charge >= 0.3 is 0 Å². The second-order valence-electron chi connectivity index (χ2n) is 7.71. The van der Waals surface area contributed by atoms with Crippen molar-refractivity contribution in [2.45, 2.75) is 19.6 Å². The number of H-pyrrole nitrogens is 1. The summed E-state index contributed by atoms with van der Waals surface area (Å²) < 4.78 is 5.78. The molecular formula is C26H27N3O3. The average molecular weight is 430 g/mol. The Morgan fingerprint density at radius 1 is 0.969 bits per heavy atom. The molecule has 32 heavy (non-hydrogen) atoms. The maximum atomic E-state index is 12.3. The largest absolute Gasteiger partial charge is 0.491 e. The predicted molar refractivity (Wildman–Crippen MR) is 127 cm³/mol. The lowest BCUT2D eigenvalue weighted by atomic mass is 10.1. The molecule has 0 bridgehead atoms. The van der Waals surface area contributed by atoms with E-state index in [0.29, 0.717) is 42.1 Å². The molecule has 164 valence electrons. The number of aromatic amines is 1. The number of hydrogen-bond acceptors (Lipinski definition) is 5. The van der Waals surface area contributed by atoms with Crippen molar-refractivity contribution in [3.63, 3.8) is 0 Å². The monoisotopic (exact) mass is 429 g/mol. The number of aliphatic hydroxyl groups excluding tert-OH is 1. The normalized spacial score (nSPS) is 12.2. The van der Waals surface area contributed by atoms with Crippen LogP contribution in [0, 0.1) is 0 Å². The standard InChI is InChI=1S/C26H27N3O3/c1-2-29(17-25-27-24-11-7-6-10-23(24)26(31)28-25)16-21(30)18-32-22-14-12-20(13-15-22)19-8-4-3-5-9-19/h3-15,21,30H,2,16-18H2,1H3,(H,27,28,31)/t21-/m1/s1. The summed E-state index contributed by atoms with van der Waals surface area (Å²) in [6.07, 6.45) is -0.670. The minimum absolute atomic E-state index is 0.149. The molecule has 1 atom stereocenters. The molecule has 0 aliphatic heterocycles. The first-order valence-corrected chi connectivity index (χ1v) is 10.8. The average Bonchev–Trinajstić information content (AvgIpc) is 2.83. The van der Waals surface area contributed by atoms with E-state index < -0.39 is 6.10 Å². The molecule has 0 amide bonds. The first kappa shape index (κ1) is 21.7. The zero-order valence-electron chi connectivity index (χ0n) is 18.1. The summed E-state index contributed by atoms with van der Waals surface area (Å²) in [5.41, 5.74) is 2.79. The Kier molecular flexibility index (Phi) is 6.94. The summed E-state index contributed by atoms with van der Waals surface area (Å²) in [4.78, 5) is 21.7. The van der Waals surface area contributed by atoms with Crippen LogP contribution in [0.3, 0.4) is 0 Å². The van der Waals surface area contributed by atoms with Crippen LogP contribution in [-0.2, 0) is 6.54 Å². The number of rotatable bonds is 9. The summed E-state index contributed by atoms with van der Waals surface area (Å²) in [7, 11) is 0. The van der Waals surface area contributed by atoms with Crippen LogP contribution >= 0.6 is 0 Å². The zero-order valence-corrected chi connectivity index (χ0v) is 18.1. The highest BCUT2D eigenvalue weighted by molar-refractivity contribution is 5.77. The molecule has 4 aromatic rings. The molecular weight excluding hydrogens is 402 g/mol. The van der Waals surface area contributed by atoms with Crippen molar-refractivity contribution in [1.82, 2.24) is 14.9 Å². The van der Waals surface area contributed by atoms with E-state index in [1.165, 1.54) is 0 Å². The van der Waals surface area contributed by atoms with E-state index in [4.69, 9.17) is 4.74 Å². The minimum Gasteiger partial charge on any atom is -0.491 e. The van der Waals surface area contributed by atoms with E-state index in [9.17, 15) is 9.90 Å². The summed E-state index contributed by atoms with van der Waals surface area (Å²) >= 11 is 0. The van der Waals surface area contributed by atoms with E-state index in [0.717, 1.165) is 11.1 Å². The molecule has 2 N–H and O–H groups in total. The van der Waals surface area contributed by atoms with Gasteiger partial charge in [0.1, 0.15) is 24.3 Å². The van der Waals surface area contributed by atoms with Gasteiger partial charge in [-0.3, -0.25) is 9.69 Å². The molecule has 1 heterocycles. The van der Waals surface area contributed by atoms with E-state index in [2.05, 4.69) is 22.1 Å². The van der Waals surface area contributed by atoms with Gasteiger partial charge in [0.2, 0.25) is 0 Å². The summed E-state index contributed by atoms with van der Waals surface area (Å²) in [5.74, 6) is 1.30. The van der Waals surface area contributed by atoms with Crippen molar-refractivity contribution in [3.05, 3.63) is 95.0 Å². The third-order valence-electron chi connectivity index (χ3n) is 5.36. The van der Waals surface area contributed by atoms with Crippen LogP contribution in [0.25, 0.3) is 22.0 Å². The third kappa shape index (κ3) is 5.41. The van der Waals surface area contributed by atoms with Crippen LogP contribution in [-0.4, -0.2) is 45.8 Å². The topological polar surface area (TPSA) is 78.5 Å². The van der Waals surface area contributed by atoms with Crippen molar-refractivity contribution in [1.29, 1.82) is 0 Å². The number of likely N-dealkylation sites (N-methyl/N-ethyl adjacent to an activating group) is 1. The van der Waals surface area contributed by atoms with Crippen molar-refractivity contribution in [2.24, 2.45) is 0 Å².